The van der Waals surface area contributed by atoms with Gasteiger partial charge in [-0.15, -0.1) is 0 Å². The number of anilines is 1. The number of aliphatic hydroxyl groups excluding tert-OH is 1. The minimum Gasteiger partial charge on any atom is -0.393 e. The molecule has 1 aromatic carbocycles. The fraction of sp³-hybridized carbons (Fsp3) is 0.562. The number of nitrogens with one attached hydrogen (secondary N) is 2. The van der Waals surface area contributed by atoms with Crippen LogP contribution in [0.4, 0.5) is 19.3 Å². The molecule has 4 nitrogen and oxygen atoms in total. The summed E-state index contributed by atoms with van der Waals surface area (Å²) in [5.41, 5.74) is -0.180. The third kappa shape index (κ3) is 4.66. The Morgan fingerprint density at radius 3 is 2.82 bits per heavy atom. The van der Waals surface area contributed by atoms with Crippen LogP contribution in [0.3, 0.4) is 0 Å². The summed E-state index contributed by atoms with van der Waals surface area (Å²) in [6.45, 7) is 0.436. The number of aliphatic hydroxyl groups is 1. The molecule has 0 aromatic heterocycles. The van der Waals surface area contributed by atoms with E-state index in [0.29, 0.717) is 12.5 Å². The Morgan fingerprint density at radius 1 is 1.27 bits per heavy atom. The van der Waals surface area contributed by atoms with Crippen LogP contribution in [0.1, 0.15) is 38.5 Å². The lowest BCUT2D eigenvalue weighted by atomic mass is 9.83. The van der Waals surface area contributed by atoms with Gasteiger partial charge in [0, 0.05) is 6.54 Å². The topological polar surface area (TPSA) is 61.4 Å². The Hall–Kier alpha value is -1.69. The molecule has 122 valence electrons. The maximum Gasteiger partial charge on any atom is 0.319 e. The second-order valence-electron chi connectivity index (χ2n) is 5.74. The number of hydrogen-bond acceptors (Lipinski definition) is 2. The predicted molar refractivity (Wildman–Crippen MR) is 80.6 cm³/mol. The molecule has 0 aliphatic heterocycles. The van der Waals surface area contributed by atoms with E-state index in [9.17, 15) is 18.7 Å². The second kappa shape index (κ2) is 8.08. The Labute approximate surface area is 128 Å². The molecule has 0 heterocycles. The van der Waals surface area contributed by atoms with Crippen molar-refractivity contribution in [2.45, 2.75) is 44.6 Å². The molecule has 1 fully saturated rings. The van der Waals surface area contributed by atoms with Gasteiger partial charge in [0.25, 0.3) is 0 Å². The lowest BCUT2D eigenvalue weighted by Gasteiger charge is -2.27. The Balaban J connectivity index is 1.68. The van der Waals surface area contributed by atoms with E-state index in [0.717, 1.165) is 44.6 Å². The zero-order chi connectivity index (χ0) is 15.9. The predicted octanol–water partition coefficient (Wildman–Crippen LogP) is 3.42. The lowest BCUT2D eigenvalue weighted by Crippen LogP contribution is -2.31. The summed E-state index contributed by atoms with van der Waals surface area (Å²) in [6.07, 6.45) is 5.49. The molecule has 0 saturated heterocycles. The average molecular weight is 312 g/mol. The number of carbonyl (C=O) groups is 1. The molecule has 1 aromatic rings. The summed E-state index contributed by atoms with van der Waals surface area (Å²) in [5.74, 6) is -1.76. The zero-order valence-electron chi connectivity index (χ0n) is 12.4. The normalized spacial score (nSPS) is 21.4. The molecule has 2 atom stereocenters. The van der Waals surface area contributed by atoms with E-state index in [-0.39, 0.29) is 11.8 Å². The third-order valence-electron chi connectivity index (χ3n) is 4.11. The smallest absolute Gasteiger partial charge is 0.319 e. The van der Waals surface area contributed by atoms with E-state index in [1.54, 1.807) is 0 Å². The van der Waals surface area contributed by atoms with E-state index in [4.69, 9.17) is 0 Å². The summed E-state index contributed by atoms with van der Waals surface area (Å²) >= 11 is 0. The van der Waals surface area contributed by atoms with Gasteiger partial charge in [0.05, 0.1) is 11.8 Å². The summed E-state index contributed by atoms with van der Waals surface area (Å²) in [6, 6.07) is 3.07. The van der Waals surface area contributed by atoms with Crippen LogP contribution in [-0.4, -0.2) is 23.8 Å². The van der Waals surface area contributed by atoms with Crippen LogP contribution in [0.2, 0.25) is 0 Å². The van der Waals surface area contributed by atoms with Gasteiger partial charge >= 0.3 is 6.03 Å². The van der Waals surface area contributed by atoms with Gasteiger partial charge in [-0.2, -0.15) is 0 Å². The average Bonchev–Trinajstić information content (AvgIpc) is 2.50. The number of halogens is 2. The van der Waals surface area contributed by atoms with Gasteiger partial charge in [-0.3, -0.25) is 0 Å². The lowest BCUT2D eigenvalue weighted by molar-refractivity contribution is 0.0644. The first-order valence-corrected chi connectivity index (χ1v) is 7.75. The van der Waals surface area contributed by atoms with E-state index >= 15 is 0 Å². The minimum atomic E-state index is -1.07. The Morgan fingerprint density at radius 2 is 2.05 bits per heavy atom. The van der Waals surface area contributed by atoms with Crippen LogP contribution in [-0.2, 0) is 0 Å². The highest BCUT2D eigenvalue weighted by atomic mass is 19.2. The maximum atomic E-state index is 13.4. The second-order valence-corrected chi connectivity index (χ2v) is 5.74. The van der Waals surface area contributed by atoms with Gasteiger partial charge in [-0.25, -0.2) is 13.6 Å². The molecule has 2 rings (SSSR count). The fourth-order valence-electron chi connectivity index (χ4n) is 2.86. The monoisotopic (exact) mass is 312 g/mol. The van der Waals surface area contributed by atoms with Crippen molar-refractivity contribution < 1.29 is 18.7 Å². The molecular formula is C16H22F2N2O2. The highest BCUT2D eigenvalue weighted by Gasteiger charge is 2.22. The van der Waals surface area contributed by atoms with Crippen molar-refractivity contribution in [2.24, 2.45) is 5.92 Å². The molecule has 2 unspecified atom stereocenters. The van der Waals surface area contributed by atoms with Crippen molar-refractivity contribution in [3.05, 3.63) is 29.8 Å². The van der Waals surface area contributed by atoms with Crippen molar-refractivity contribution >= 4 is 11.7 Å². The van der Waals surface area contributed by atoms with E-state index in [1.807, 2.05) is 0 Å². The molecule has 1 saturated carbocycles. The highest BCUT2D eigenvalue weighted by Crippen LogP contribution is 2.27. The van der Waals surface area contributed by atoms with Crippen molar-refractivity contribution in [3.63, 3.8) is 0 Å². The van der Waals surface area contributed by atoms with Crippen molar-refractivity contribution in [2.75, 3.05) is 11.9 Å². The van der Waals surface area contributed by atoms with Gasteiger partial charge in [-0.1, -0.05) is 18.9 Å². The fourth-order valence-corrected chi connectivity index (χ4v) is 2.86. The molecule has 0 radical (unpaired) electrons. The first-order chi connectivity index (χ1) is 10.6. The van der Waals surface area contributed by atoms with Crippen LogP contribution in [0.5, 0.6) is 0 Å². The molecule has 2 amide bonds. The van der Waals surface area contributed by atoms with Gasteiger partial charge in [-0.05, 0) is 43.7 Å². The molecule has 1 aliphatic carbocycles. The molecule has 22 heavy (non-hydrogen) atoms. The summed E-state index contributed by atoms with van der Waals surface area (Å²) in [5, 5.41) is 14.7. The molecule has 3 N–H and O–H groups in total. The molecule has 1 aliphatic rings. The number of carbonyl (C=O) groups excluding carboxylic acids is 1. The molecular weight excluding hydrogens is 290 g/mol. The standard InChI is InChI=1S/C16H22F2N2O2/c17-12-7-3-8-13(15(12)18)20-16(22)19-10-4-6-11-5-1-2-9-14(11)21/h3,7-8,11,14,21H,1-2,4-6,9-10H2,(H2,19,20,22). The van der Waals surface area contributed by atoms with E-state index in [1.165, 1.54) is 12.1 Å². The van der Waals surface area contributed by atoms with Gasteiger partial charge < -0.3 is 15.7 Å². The van der Waals surface area contributed by atoms with E-state index in [2.05, 4.69) is 10.6 Å². The van der Waals surface area contributed by atoms with Crippen molar-refractivity contribution in [1.82, 2.24) is 5.32 Å². The third-order valence-corrected chi connectivity index (χ3v) is 4.11. The molecule has 6 heteroatoms. The summed E-state index contributed by atoms with van der Waals surface area (Å²) < 4.78 is 26.4. The number of urea groups is 1. The van der Waals surface area contributed by atoms with E-state index < -0.39 is 17.7 Å². The van der Waals surface area contributed by atoms with Gasteiger partial charge in [0.1, 0.15) is 0 Å². The number of rotatable bonds is 5. The highest BCUT2D eigenvalue weighted by molar-refractivity contribution is 5.89. The first kappa shape index (κ1) is 16.7. The van der Waals surface area contributed by atoms with Crippen molar-refractivity contribution in [3.8, 4) is 0 Å². The van der Waals surface area contributed by atoms with Gasteiger partial charge in [0.15, 0.2) is 11.6 Å². The Kier molecular flexibility index (Phi) is 6.12. The summed E-state index contributed by atoms with van der Waals surface area (Å²) in [7, 11) is 0. The van der Waals surface area contributed by atoms with Crippen LogP contribution < -0.4 is 10.6 Å². The minimum absolute atomic E-state index is 0.180. The van der Waals surface area contributed by atoms with Crippen LogP contribution in [0.25, 0.3) is 0 Å². The molecule has 0 bridgehead atoms. The maximum absolute atomic E-state index is 13.4. The number of benzene rings is 1. The molecule has 0 spiro atoms. The van der Waals surface area contributed by atoms with Crippen LogP contribution in [0.15, 0.2) is 18.2 Å². The van der Waals surface area contributed by atoms with Crippen LogP contribution >= 0.6 is 0 Å². The SMILES string of the molecule is O=C(NCCCC1CCCCC1O)Nc1cccc(F)c1F. The van der Waals surface area contributed by atoms with Gasteiger partial charge in [0.2, 0.25) is 0 Å². The quantitative estimate of drug-likeness (QED) is 0.730. The number of hydrogen-bond donors (Lipinski definition) is 3. The summed E-state index contributed by atoms with van der Waals surface area (Å²) in [4.78, 5) is 11.6. The number of amides is 2. The van der Waals surface area contributed by atoms with Crippen molar-refractivity contribution in [1.29, 1.82) is 0 Å². The first-order valence-electron chi connectivity index (χ1n) is 7.75. The zero-order valence-corrected chi connectivity index (χ0v) is 12.4. The Bertz CT molecular complexity index is 511. The van der Waals surface area contributed by atoms with Crippen LogP contribution in [0, 0.1) is 17.6 Å². The largest absolute Gasteiger partial charge is 0.393 e.